The van der Waals surface area contributed by atoms with Crippen molar-refractivity contribution >= 4 is 0 Å². The van der Waals surface area contributed by atoms with Gasteiger partial charge in [-0.3, -0.25) is 0 Å². The van der Waals surface area contributed by atoms with Crippen LogP contribution in [0.4, 0.5) is 0 Å². The highest BCUT2D eigenvalue weighted by molar-refractivity contribution is 5.01. The summed E-state index contributed by atoms with van der Waals surface area (Å²) in [7, 11) is 0. The third-order valence-corrected chi connectivity index (χ3v) is 6.65. The molecule has 14 heteroatoms. The Morgan fingerprint density at radius 2 is 1.30 bits per heavy atom. The summed E-state index contributed by atoms with van der Waals surface area (Å²) < 4.78 is 23.0. The number of ether oxygens (including phenoxy) is 4. The molecule has 0 amide bonds. The lowest BCUT2D eigenvalue weighted by atomic mass is 9.84. The molecule has 0 radical (unpaired) electrons. The molecule has 0 unspecified atom stereocenters. The van der Waals surface area contributed by atoms with Gasteiger partial charge in [-0.15, -0.1) is 0 Å². The van der Waals surface area contributed by atoms with Crippen LogP contribution < -0.4 is 28.7 Å². The first-order valence-corrected chi connectivity index (χ1v) is 11.3. The number of rotatable bonds is 7. The van der Waals surface area contributed by atoms with Crippen LogP contribution in [0.1, 0.15) is 19.3 Å². The standard InChI is InChI=1S/C19H39N5O9/c20-5-11-9(26)4-8(23)18(31-11)32-16-6(21)3-7(22)17(15(16)29)33-19-14(28)12(24)13(27)10(30-19)1-2-25/h6-19,25-29H,1-5,20-24H2/t6-,7+,8+,9-,10+,11+,12-,13+,14+,15-,16+,17-,18+,19+/m0/s1. The minimum absolute atomic E-state index is 0.0572. The van der Waals surface area contributed by atoms with Crippen LogP contribution in [-0.4, -0.2) is 124 Å². The van der Waals surface area contributed by atoms with Crippen LogP contribution >= 0.6 is 0 Å². The lowest BCUT2D eigenvalue weighted by Crippen LogP contribution is -2.68. The molecular formula is C19H39N5O9. The zero-order chi connectivity index (χ0) is 24.4. The Morgan fingerprint density at radius 3 is 1.88 bits per heavy atom. The van der Waals surface area contributed by atoms with Gasteiger partial charge in [0.05, 0.1) is 36.5 Å². The number of aliphatic hydroxyl groups is 5. The maximum Gasteiger partial charge on any atom is 0.186 e. The van der Waals surface area contributed by atoms with Crippen molar-refractivity contribution in [3.05, 3.63) is 0 Å². The smallest absolute Gasteiger partial charge is 0.186 e. The lowest BCUT2D eigenvalue weighted by molar-refractivity contribution is -0.313. The first-order valence-electron chi connectivity index (χ1n) is 11.3. The number of hydrogen-bond acceptors (Lipinski definition) is 14. The molecule has 3 fully saturated rings. The largest absolute Gasteiger partial charge is 0.396 e. The molecule has 15 N–H and O–H groups in total. The highest BCUT2D eigenvalue weighted by atomic mass is 16.7. The first-order chi connectivity index (χ1) is 15.6. The summed E-state index contributed by atoms with van der Waals surface area (Å²) in [6.45, 7) is -0.213. The van der Waals surface area contributed by atoms with Crippen molar-refractivity contribution in [2.45, 2.75) is 105 Å². The molecule has 14 nitrogen and oxygen atoms in total. The molecule has 2 heterocycles. The molecule has 33 heavy (non-hydrogen) atoms. The summed E-state index contributed by atoms with van der Waals surface area (Å²) in [6.07, 6.45) is -10.2. The van der Waals surface area contributed by atoms with Gasteiger partial charge >= 0.3 is 0 Å². The maximum atomic E-state index is 11.0. The number of nitrogens with two attached hydrogens (primary N) is 5. The van der Waals surface area contributed by atoms with E-state index in [-0.39, 0.29) is 32.4 Å². The van der Waals surface area contributed by atoms with Crippen molar-refractivity contribution < 1.29 is 44.5 Å². The molecule has 0 spiro atoms. The molecule has 0 aromatic rings. The summed E-state index contributed by atoms with van der Waals surface area (Å²) in [5.41, 5.74) is 29.9. The molecule has 194 valence electrons. The van der Waals surface area contributed by atoms with E-state index in [1.54, 1.807) is 0 Å². The molecule has 0 aromatic carbocycles. The van der Waals surface area contributed by atoms with Gasteiger partial charge in [-0.1, -0.05) is 0 Å². The van der Waals surface area contributed by atoms with Crippen LogP contribution in [0.2, 0.25) is 0 Å². The van der Waals surface area contributed by atoms with Crippen molar-refractivity contribution in [1.29, 1.82) is 0 Å². The van der Waals surface area contributed by atoms with E-state index in [2.05, 4.69) is 0 Å². The average molecular weight is 482 g/mol. The molecule has 2 saturated heterocycles. The van der Waals surface area contributed by atoms with E-state index in [1.807, 2.05) is 0 Å². The summed E-state index contributed by atoms with van der Waals surface area (Å²) in [4.78, 5) is 0. The van der Waals surface area contributed by atoms with E-state index in [9.17, 15) is 25.5 Å². The predicted octanol–water partition coefficient (Wildman–Crippen LogP) is -5.91. The SMILES string of the molecule is NC[C@H]1O[C@H](O[C@H]2[C@H](O)[C@@H](O[C@H]3O[C@H](CCO)[C@@H](O)[C@H](N)[C@H]3O)[C@H](N)C[C@@H]2N)[C@H](N)C[C@@H]1O. The second-order valence-corrected chi connectivity index (χ2v) is 9.11. The highest BCUT2D eigenvalue weighted by Gasteiger charge is 2.50. The minimum atomic E-state index is -1.41. The number of aliphatic hydroxyl groups excluding tert-OH is 5. The quantitative estimate of drug-likeness (QED) is 0.162. The van der Waals surface area contributed by atoms with Crippen LogP contribution in [0.15, 0.2) is 0 Å². The molecule has 14 atom stereocenters. The number of hydrogen-bond donors (Lipinski definition) is 10. The first kappa shape index (κ1) is 27.0. The Balaban J connectivity index is 1.70. The topological polar surface area (TPSA) is 268 Å². The van der Waals surface area contributed by atoms with Gasteiger partial charge in [0.1, 0.15) is 24.4 Å². The molecule has 3 aliphatic rings. The van der Waals surface area contributed by atoms with E-state index in [0.29, 0.717) is 0 Å². The Labute approximate surface area is 191 Å². The second-order valence-electron chi connectivity index (χ2n) is 9.11. The molecule has 3 rings (SSSR count). The average Bonchev–Trinajstić information content (AvgIpc) is 2.76. The van der Waals surface area contributed by atoms with Crippen molar-refractivity contribution in [3.8, 4) is 0 Å². The zero-order valence-corrected chi connectivity index (χ0v) is 18.4. The Hall–Kier alpha value is -0.560. The van der Waals surface area contributed by atoms with Crippen LogP contribution in [0.25, 0.3) is 0 Å². The van der Waals surface area contributed by atoms with E-state index < -0.39 is 85.6 Å². The van der Waals surface area contributed by atoms with Gasteiger partial charge in [0.15, 0.2) is 12.6 Å². The van der Waals surface area contributed by atoms with Gasteiger partial charge in [-0.2, -0.15) is 0 Å². The predicted molar refractivity (Wildman–Crippen MR) is 113 cm³/mol. The van der Waals surface area contributed by atoms with Crippen LogP contribution in [0.3, 0.4) is 0 Å². The van der Waals surface area contributed by atoms with Crippen LogP contribution in [0.5, 0.6) is 0 Å². The lowest BCUT2D eigenvalue weighted by Gasteiger charge is -2.48. The van der Waals surface area contributed by atoms with Gasteiger partial charge in [0.2, 0.25) is 0 Å². The summed E-state index contributed by atoms with van der Waals surface area (Å²) in [6, 6.07) is -3.19. The van der Waals surface area contributed by atoms with Gasteiger partial charge in [0, 0.05) is 25.2 Å². The normalized spacial score (nSPS) is 51.5. The van der Waals surface area contributed by atoms with E-state index in [1.165, 1.54) is 0 Å². The minimum Gasteiger partial charge on any atom is -0.396 e. The van der Waals surface area contributed by atoms with Crippen LogP contribution in [0, 0.1) is 0 Å². The molecule has 1 aliphatic carbocycles. The fourth-order valence-electron chi connectivity index (χ4n) is 4.64. The van der Waals surface area contributed by atoms with Crippen LogP contribution in [-0.2, 0) is 18.9 Å². The van der Waals surface area contributed by atoms with Crippen molar-refractivity contribution in [3.63, 3.8) is 0 Å². The van der Waals surface area contributed by atoms with Gasteiger partial charge in [-0.25, -0.2) is 0 Å². The maximum absolute atomic E-state index is 11.0. The third-order valence-electron chi connectivity index (χ3n) is 6.65. The van der Waals surface area contributed by atoms with E-state index >= 15 is 0 Å². The Bertz CT molecular complexity index is 624. The molecule has 0 bridgehead atoms. The van der Waals surface area contributed by atoms with Crippen molar-refractivity contribution in [1.82, 2.24) is 0 Å². The van der Waals surface area contributed by atoms with Gasteiger partial charge in [0.25, 0.3) is 0 Å². The Kier molecular flexibility index (Phi) is 9.38. The molecular weight excluding hydrogens is 442 g/mol. The van der Waals surface area contributed by atoms with E-state index in [0.717, 1.165) is 0 Å². The summed E-state index contributed by atoms with van der Waals surface area (Å²) in [5, 5.41) is 50.9. The second kappa shape index (κ2) is 11.5. The van der Waals surface area contributed by atoms with Gasteiger partial charge < -0.3 is 73.1 Å². The zero-order valence-electron chi connectivity index (χ0n) is 18.4. The Morgan fingerprint density at radius 1 is 0.727 bits per heavy atom. The fraction of sp³-hybridized carbons (Fsp3) is 1.00. The summed E-state index contributed by atoms with van der Waals surface area (Å²) >= 11 is 0. The highest BCUT2D eigenvalue weighted by Crippen LogP contribution is 2.31. The summed E-state index contributed by atoms with van der Waals surface area (Å²) in [5.74, 6) is 0. The molecule has 1 saturated carbocycles. The molecule has 0 aromatic heterocycles. The monoisotopic (exact) mass is 481 g/mol. The molecule has 2 aliphatic heterocycles. The third kappa shape index (κ3) is 5.82. The van der Waals surface area contributed by atoms with Gasteiger partial charge in [-0.05, 0) is 19.3 Å². The van der Waals surface area contributed by atoms with Crippen molar-refractivity contribution in [2.24, 2.45) is 28.7 Å². The van der Waals surface area contributed by atoms with Crippen molar-refractivity contribution in [2.75, 3.05) is 13.2 Å². The fourth-order valence-corrected chi connectivity index (χ4v) is 4.64. The van der Waals surface area contributed by atoms with E-state index in [4.69, 9.17) is 47.6 Å².